The van der Waals surface area contributed by atoms with Crippen LogP contribution in [0.15, 0.2) is 102 Å². The van der Waals surface area contributed by atoms with E-state index in [1.54, 1.807) is 64.1 Å². The molecule has 1 unspecified atom stereocenters. The molecule has 294 valence electrons. The SMILES string of the molecule is CC(=O)C1=C(O)[C@]2(O)C(=O)C3=C(O)c4c(ccc(CC(=O)Cc5cccc6ccccc56)c4O)[C@@H](C)[C@]3(C)[C@@H](CC(=O)Cc3ccccc3)[C@]2(C)C(C(C)C)C1=O. The number of aliphatic hydroxyl groups excluding tert-OH is 2. The van der Waals surface area contributed by atoms with E-state index >= 15 is 4.79 Å². The van der Waals surface area contributed by atoms with Crippen molar-refractivity contribution in [2.24, 2.45) is 28.6 Å². The van der Waals surface area contributed by atoms with Crippen molar-refractivity contribution in [3.8, 4) is 5.75 Å². The molecular weight excluding hydrogens is 721 g/mol. The summed E-state index contributed by atoms with van der Waals surface area (Å²) in [5.74, 6) is -8.89. The van der Waals surface area contributed by atoms with Crippen LogP contribution in [0.2, 0.25) is 0 Å². The predicted octanol–water partition coefficient (Wildman–Crippen LogP) is 7.69. The Hall–Kier alpha value is -5.67. The van der Waals surface area contributed by atoms with Gasteiger partial charge in [0.2, 0.25) is 5.78 Å². The topological polar surface area (TPSA) is 166 Å². The first kappa shape index (κ1) is 39.6. The van der Waals surface area contributed by atoms with Gasteiger partial charge in [-0.05, 0) is 52.1 Å². The molecular formula is C48H48O9. The summed E-state index contributed by atoms with van der Waals surface area (Å²) >= 11 is 0. The second-order valence-corrected chi connectivity index (χ2v) is 16.9. The Labute approximate surface area is 331 Å². The lowest BCUT2D eigenvalue weighted by Crippen LogP contribution is -2.73. The minimum Gasteiger partial charge on any atom is -0.508 e. The van der Waals surface area contributed by atoms with E-state index in [9.17, 15) is 39.6 Å². The third-order valence-corrected chi connectivity index (χ3v) is 13.6. The van der Waals surface area contributed by atoms with Crippen LogP contribution >= 0.6 is 0 Å². The average molecular weight is 769 g/mol. The van der Waals surface area contributed by atoms with Gasteiger partial charge in [-0.25, -0.2) is 0 Å². The molecule has 0 bridgehead atoms. The quantitative estimate of drug-likeness (QED) is 0.118. The van der Waals surface area contributed by atoms with Crippen molar-refractivity contribution in [1.29, 1.82) is 0 Å². The lowest BCUT2D eigenvalue weighted by atomic mass is 9.37. The fraction of sp³-hybridized carbons (Fsp3) is 0.354. The fourth-order valence-electron chi connectivity index (χ4n) is 10.8. The summed E-state index contributed by atoms with van der Waals surface area (Å²) in [7, 11) is 0. The number of carbonyl (C=O) groups is 5. The van der Waals surface area contributed by atoms with Crippen LogP contribution in [0, 0.1) is 28.6 Å². The molecule has 4 aromatic carbocycles. The van der Waals surface area contributed by atoms with E-state index in [1.807, 2.05) is 48.5 Å². The lowest BCUT2D eigenvalue weighted by molar-refractivity contribution is -0.199. The molecule has 0 spiro atoms. The maximum absolute atomic E-state index is 15.2. The summed E-state index contributed by atoms with van der Waals surface area (Å²) < 4.78 is 0. The summed E-state index contributed by atoms with van der Waals surface area (Å²) in [5, 5.41) is 51.0. The normalized spacial score (nSPS) is 27.0. The molecule has 6 atom stereocenters. The third kappa shape index (κ3) is 5.72. The molecule has 9 heteroatoms. The largest absolute Gasteiger partial charge is 0.508 e. The fourth-order valence-corrected chi connectivity index (χ4v) is 10.8. The van der Waals surface area contributed by atoms with Crippen LogP contribution in [-0.4, -0.2) is 54.9 Å². The van der Waals surface area contributed by atoms with Gasteiger partial charge in [-0.1, -0.05) is 120 Å². The van der Waals surface area contributed by atoms with Crippen LogP contribution in [0.3, 0.4) is 0 Å². The maximum atomic E-state index is 15.2. The van der Waals surface area contributed by atoms with E-state index in [1.165, 1.54) is 6.92 Å². The Morgan fingerprint density at radius 3 is 2.07 bits per heavy atom. The molecule has 9 nitrogen and oxygen atoms in total. The van der Waals surface area contributed by atoms with Gasteiger partial charge < -0.3 is 20.4 Å². The molecule has 3 aliphatic rings. The minimum atomic E-state index is -2.92. The van der Waals surface area contributed by atoms with Crippen molar-refractivity contribution in [2.75, 3.05) is 0 Å². The van der Waals surface area contributed by atoms with E-state index in [2.05, 4.69) is 0 Å². The summed E-state index contributed by atoms with van der Waals surface area (Å²) in [6.45, 7) is 9.59. The monoisotopic (exact) mass is 768 g/mol. The zero-order chi connectivity index (χ0) is 41.4. The highest BCUT2D eigenvalue weighted by Crippen LogP contribution is 2.71. The smallest absolute Gasteiger partial charge is 0.203 e. The first-order valence-electron chi connectivity index (χ1n) is 19.5. The average Bonchev–Trinajstić information content (AvgIpc) is 3.15. The number of carbonyl (C=O) groups excluding carboxylic acids is 5. The standard InChI is InChI=1S/C48H48O9/c1-25(2)39-42(53)37(27(4)49)44(55)48(57)45(56)40-43(54)38-34(26(3)46(40,5)36(47(39,48)6)24-32(50)21-28-13-8-7-9-14-28)20-19-31(41(38)52)23-33(51)22-30-17-12-16-29-15-10-11-18-35(29)30/h7-20,25-26,36,39,52,54-55,57H,21-24H2,1-6H3/t26-,36-,39?,46-,47-,48+/m1/s1. The van der Waals surface area contributed by atoms with Gasteiger partial charge >= 0.3 is 0 Å². The number of phenols is 1. The molecule has 0 aliphatic heterocycles. The van der Waals surface area contributed by atoms with Gasteiger partial charge in [0, 0.05) is 53.6 Å². The minimum absolute atomic E-state index is 0.00360. The number of allylic oxidation sites excluding steroid dienone is 1. The van der Waals surface area contributed by atoms with Gasteiger partial charge in [0.25, 0.3) is 0 Å². The van der Waals surface area contributed by atoms with Gasteiger partial charge in [0.1, 0.15) is 34.4 Å². The zero-order valence-corrected chi connectivity index (χ0v) is 33.1. The number of hydrogen-bond acceptors (Lipinski definition) is 9. The van der Waals surface area contributed by atoms with Crippen molar-refractivity contribution in [2.45, 2.75) is 78.7 Å². The van der Waals surface area contributed by atoms with E-state index in [4.69, 9.17) is 0 Å². The van der Waals surface area contributed by atoms with Gasteiger partial charge in [0.15, 0.2) is 17.2 Å². The molecule has 0 aromatic heterocycles. The van der Waals surface area contributed by atoms with Crippen LogP contribution in [-0.2, 0) is 43.2 Å². The molecule has 7 rings (SSSR count). The Morgan fingerprint density at radius 1 is 0.772 bits per heavy atom. The van der Waals surface area contributed by atoms with Crippen molar-refractivity contribution in [3.63, 3.8) is 0 Å². The second-order valence-electron chi connectivity index (χ2n) is 16.9. The summed E-state index contributed by atoms with van der Waals surface area (Å²) in [6.07, 6.45) is -0.363. The molecule has 0 amide bonds. The number of ketones is 5. The van der Waals surface area contributed by atoms with Crippen LogP contribution in [0.1, 0.15) is 81.7 Å². The van der Waals surface area contributed by atoms with Gasteiger partial charge in [-0.3, -0.25) is 24.0 Å². The summed E-state index contributed by atoms with van der Waals surface area (Å²) in [4.78, 5) is 70.4. The Bertz CT molecular complexity index is 2450. The van der Waals surface area contributed by atoms with E-state index < -0.39 is 80.3 Å². The summed E-state index contributed by atoms with van der Waals surface area (Å²) in [6, 6.07) is 25.8. The molecule has 1 saturated carbocycles. The Morgan fingerprint density at radius 2 is 1.40 bits per heavy atom. The predicted molar refractivity (Wildman–Crippen MR) is 216 cm³/mol. The van der Waals surface area contributed by atoms with Crippen LogP contribution < -0.4 is 0 Å². The van der Waals surface area contributed by atoms with Crippen molar-refractivity contribution in [3.05, 3.63) is 130 Å². The molecule has 4 aromatic rings. The van der Waals surface area contributed by atoms with Gasteiger partial charge in [-0.2, -0.15) is 0 Å². The number of fused-ring (bicyclic) bond motifs is 4. The molecule has 1 fully saturated rings. The summed E-state index contributed by atoms with van der Waals surface area (Å²) in [5.41, 5.74) is -5.14. The van der Waals surface area contributed by atoms with Crippen molar-refractivity contribution >= 4 is 45.4 Å². The zero-order valence-electron chi connectivity index (χ0n) is 33.1. The van der Waals surface area contributed by atoms with Gasteiger partial charge in [-0.15, -0.1) is 0 Å². The molecule has 0 radical (unpaired) electrons. The molecule has 3 aliphatic carbocycles. The number of hydrogen-bond donors (Lipinski definition) is 4. The third-order valence-electron chi connectivity index (χ3n) is 13.6. The molecule has 0 saturated heterocycles. The van der Waals surface area contributed by atoms with Crippen LogP contribution in [0.5, 0.6) is 5.75 Å². The molecule has 4 N–H and O–H groups in total. The van der Waals surface area contributed by atoms with E-state index in [0.717, 1.165) is 28.8 Å². The molecule has 0 heterocycles. The van der Waals surface area contributed by atoms with E-state index in [0.29, 0.717) is 5.56 Å². The van der Waals surface area contributed by atoms with Gasteiger partial charge in [0.05, 0.1) is 5.56 Å². The number of rotatable bonds is 10. The lowest BCUT2D eigenvalue weighted by Gasteiger charge is -2.65. The number of aromatic hydroxyl groups is 1. The first-order valence-corrected chi connectivity index (χ1v) is 19.5. The van der Waals surface area contributed by atoms with E-state index in [-0.39, 0.29) is 53.9 Å². The van der Waals surface area contributed by atoms with Crippen LogP contribution in [0.25, 0.3) is 16.5 Å². The Balaban J connectivity index is 1.40. The van der Waals surface area contributed by atoms with Crippen molar-refractivity contribution < 1.29 is 44.4 Å². The Kier molecular flexibility index (Phi) is 9.76. The maximum Gasteiger partial charge on any atom is 0.203 e. The number of Topliss-reactive ketones (excluding diaryl/α,β-unsaturated/α-hetero) is 5. The number of benzene rings is 4. The highest BCUT2D eigenvalue weighted by atomic mass is 16.3. The highest BCUT2D eigenvalue weighted by molar-refractivity contribution is 6.24. The number of aliphatic hydroxyl groups is 3. The number of phenolic OH excluding ortho intramolecular Hbond substituents is 1. The van der Waals surface area contributed by atoms with Crippen LogP contribution in [0.4, 0.5) is 0 Å². The molecule has 57 heavy (non-hydrogen) atoms. The second kappa shape index (κ2) is 14.1. The highest BCUT2D eigenvalue weighted by Gasteiger charge is 2.76. The first-order chi connectivity index (χ1) is 26.9. The van der Waals surface area contributed by atoms with Crippen molar-refractivity contribution in [1.82, 2.24) is 0 Å².